The summed E-state index contributed by atoms with van der Waals surface area (Å²) < 4.78 is 81.7. The van der Waals surface area contributed by atoms with Crippen molar-refractivity contribution in [2.24, 2.45) is 5.92 Å². The minimum Gasteiger partial charge on any atom is -0.339 e. The van der Waals surface area contributed by atoms with Crippen LogP contribution in [0.4, 0.5) is 26.3 Å². The smallest absolute Gasteiger partial charge is 0.339 e. The maximum Gasteiger partial charge on any atom is 0.455 e. The van der Waals surface area contributed by atoms with Crippen molar-refractivity contribution in [1.82, 2.24) is 24.6 Å². The second-order valence-corrected chi connectivity index (χ2v) is 6.40. The van der Waals surface area contributed by atoms with Crippen LogP contribution in [0.2, 0.25) is 0 Å². The molecule has 0 unspecified atom stereocenters. The van der Waals surface area contributed by atoms with Crippen molar-refractivity contribution < 1.29 is 35.7 Å². The summed E-state index contributed by atoms with van der Waals surface area (Å²) in [6.45, 7) is 0.233. The minimum atomic E-state index is -4.74. The number of imidazole rings is 1. The van der Waals surface area contributed by atoms with Gasteiger partial charge in [-0.15, -0.1) is 0 Å². The Morgan fingerprint density at radius 1 is 1.11 bits per heavy atom. The predicted octanol–water partition coefficient (Wildman–Crippen LogP) is 2.45. The number of carbonyl (C=O) groups excluding carboxylic acids is 1. The Morgan fingerprint density at radius 2 is 1.85 bits per heavy atom. The van der Waals surface area contributed by atoms with Gasteiger partial charge >= 0.3 is 12.4 Å². The molecule has 1 amide bonds. The molecule has 0 bridgehead atoms. The summed E-state index contributed by atoms with van der Waals surface area (Å²) in [5, 5.41) is 2.85. The zero-order valence-corrected chi connectivity index (χ0v) is 13.4. The molecule has 0 spiro atoms. The molecule has 0 aromatic carbocycles. The summed E-state index contributed by atoms with van der Waals surface area (Å²) in [5.74, 6) is -3.19. The number of amides is 1. The zero-order chi connectivity index (χ0) is 19.6. The largest absolute Gasteiger partial charge is 0.455 e. The lowest BCUT2D eigenvalue weighted by Gasteiger charge is -2.27. The van der Waals surface area contributed by atoms with Crippen LogP contribution in [0.15, 0.2) is 10.7 Å². The molecular formula is C14H11F6N5O2. The third-order valence-corrected chi connectivity index (χ3v) is 4.52. The van der Waals surface area contributed by atoms with Crippen LogP contribution < -0.4 is 0 Å². The van der Waals surface area contributed by atoms with E-state index in [1.807, 2.05) is 0 Å². The van der Waals surface area contributed by atoms with E-state index in [9.17, 15) is 31.1 Å². The van der Waals surface area contributed by atoms with Crippen molar-refractivity contribution in [1.29, 1.82) is 0 Å². The van der Waals surface area contributed by atoms with Gasteiger partial charge in [0.05, 0.1) is 18.4 Å². The van der Waals surface area contributed by atoms with Crippen molar-refractivity contribution in [3.63, 3.8) is 0 Å². The summed E-state index contributed by atoms with van der Waals surface area (Å²) >= 11 is 0. The lowest BCUT2D eigenvalue weighted by Crippen LogP contribution is -2.39. The number of hydrogen-bond donors (Lipinski definition) is 0. The molecule has 1 aliphatic carbocycles. The van der Waals surface area contributed by atoms with Gasteiger partial charge in [-0.25, -0.2) is 4.98 Å². The molecular weight excluding hydrogens is 384 g/mol. The Balaban J connectivity index is 1.43. The quantitative estimate of drug-likeness (QED) is 0.731. The fourth-order valence-corrected chi connectivity index (χ4v) is 3.05. The van der Waals surface area contributed by atoms with Gasteiger partial charge in [-0.3, -0.25) is 4.79 Å². The van der Waals surface area contributed by atoms with Crippen LogP contribution in [0, 0.1) is 5.92 Å². The highest BCUT2D eigenvalue weighted by Gasteiger charge is 2.51. The topological polar surface area (TPSA) is 77.0 Å². The number of carbonyl (C=O) groups is 1. The summed E-state index contributed by atoms with van der Waals surface area (Å²) in [6, 6.07) is 0. The Kier molecular flexibility index (Phi) is 3.75. The van der Waals surface area contributed by atoms with Gasteiger partial charge < -0.3 is 14.0 Å². The van der Waals surface area contributed by atoms with E-state index < -0.39 is 35.7 Å². The third kappa shape index (κ3) is 3.25. The highest BCUT2D eigenvalue weighted by Crippen LogP contribution is 2.48. The first kappa shape index (κ1) is 17.8. The summed E-state index contributed by atoms with van der Waals surface area (Å²) in [6.07, 6.45) is -8.17. The third-order valence-electron chi connectivity index (χ3n) is 4.52. The monoisotopic (exact) mass is 395 g/mol. The molecule has 27 heavy (non-hydrogen) atoms. The number of halogens is 6. The average Bonchev–Trinajstić information content (AvgIpc) is 3.02. The maximum absolute atomic E-state index is 12.7. The zero-order valence-electron chi connectivity index (χ0n) is 13.4. The fraction of sp³-hybridized carbons (Fsp3) is 0.571. The number of fused-ring (bicyclic) bond motifs is 1. The first-order valence-corrected chi connectivity index (χ1v) is 7.87. The standard InChI is InChI=1S/C14H11F6N5O2/c15-13(16,17)8-4-24-1-2-25(5-9(24)21-8)11(26)7-3-6(7)10-22-12(23-27-10)14(18,19)20/h4,6-7H,1-3,5H2/t6-,7+/m0/s1. The van der Waals surface area contributed by atoms with Crippen molar-refractivity contribution in [3.8, 4) is 0 Å². The second kappa shape index (κ2) is 5.70. The molecule has 2 aromatic heterocycles. The molecule has 1 saturated carbocycles. The molecule has 1 fully saturated rings. The van der Waals surface area contributed by atoms with Crippen LogP contribution in [0.25, 0.3) is 0 Å². The van der Waals surface area contributed by atoms with Gasteiger partial charge in [0.2, 0.25) is 11.8 Å². The van der Waals surface area contributed by atoms with Crippen molar-refractivity contribution in [3.05, 3.63) is 29.4 Å². The summed E-state index contributed by atoms with van der Waals surface area (Å²) in [4.78, 5) is 20.7. The lowest BCUT2D eigenvalue weighted by molar-refractivity contribution is -0.146. The first-order valence-electron chi connectivity index (χ1n) is 7.87. The highest BCUT2D eigenvalue weighted by molar-refractivity contribution is 5.82. The van der Waals surface area contributed by atoms with Gasteiger partial charge in [0.25, 0.3) is 5.82 Å². The number of rotatable bonds is 2. The number of alkyl halides is 6. The predicted molar refractivity (Wildman–Crippen MR) is 72.8 cm³/mol. The van der Waals surface area contributed by atoms with Crippen LogP contribution in [0.1, 0.15) is 35.6 Å². The molecule has 2 aromatic rings. The normalized spacial score (nSPS) is 22.7. The van der Waals surface area contributed by atoms with E-state index in [4.69, 9.17) is 0 Å². The minimum absolute atomic E-state index is 0.101. The van der Waals surface area contributed by atoms with E-state index in [0.29, 0.717) is 0 Å². The van der Waals surface area contributed by atoms with E-state index in [-0.39, 0.29) is 43.7 Å². The van der Waals surface area contributed by atoms with E-state index >= 15 is 0 Å². The highest BCUT2D eigenvalue weighted by atomic mass is 19.4. The van der Waals surface area contributed by atoms with Crippen LogP contribution >= 0.6 is 0 Å². The molecule has 7 nitrogen and oxygen atoms in total. The van der Waals surface area contributed by atoms with Crippen molar-refractivity contribution in [2.75, 3.05) is 6.54 Å². The van der Waals surface area contributed by atoms with Crippen LogP contribution in [-0.2, 0) is 30.2 Å². The number of nitrogens with zero attached hydrogens (tertiary/aromatic N) is 5. The first-order chi connectivity index (χ1) is 12.5. The molecule has 146 valence electrons. The maximum atomic E-state index is 12.7. The van der Waals surface area contributed by atoms with Gasteiger partial charge in [-0.1, -0.05) is 5.16 Å². The van der Waals surface area contributed by atoms with Gasteiger partial charge in [0.1, 0.15) is 5.82 Å². The summed E-state index contributed by atoms with van der Waals surface area (Å²) in [5.41, 5.74) is -1.03. The van der Waals surface area contributed by atoms with Gasteiger partial charge in [-0.05, 0) is 6.42 Å². The molecule has 2 atom stereocenters. The van der Waals surface area contributed by atoms with Gasteiger partial charge in [0, 0.05) is 19.3 Å². The van der Waals surface area contributed by atoms with E-state index in [1.165, 1.54) is 9.47 Å². The van der Waals surface area contributed by atoms with E-state index in [2.05, 4.69) is 19.6 Å². The lowest BCUT2D eigenvalue weighted by atomic mass is 10.2. The molecule has 4 rings (SSSR count). The summed E-state index contributed by atoms with van der Waals surface area (Å²) in [7, 11) is 0. The molecule has 0 saturated heterocycles. The molecule has 0 radical (unpaired) electrons. The second-order valence-electron chi connectivity index (χ2n) is 6.40. The molecule has 0 N–H and O–H groups in total. The van der Waals surface area contributed by atoms with Crippen LogP contribution in [0.5, 0.6) is 0 Å². The fourth-order valence-electron chi connectivity index (χ4n) is 3.05. The van der Waals surface area contributed by atoms with Crippen molar-refractivity contribution in [2.45, 2.75) is 37.8 Å². The Labute approximate surface area is 146 Å². The molecule has 2 aliphatic rings. The Hall–Kier alpha value is -2.60. The van der Waals surface area contributed by atoms with E-state index in [0.717, 1.165) is 6.20 Å². The number of aromatic nitrogens is 4. The van der Waals surface area contributed by atoms with Gasteiger partial charge in [-0.2, -0.15) is 31.3 Å². The molecule has 13 heteroatoms. The van der Waals surface area contributed by atoms with Crippen LogP contribution in [0.3, 0.4) is 0 Å². The SMILES string of the molecule is O=C([C@@H]1C[C@@H]1c1nc(C(F)(F)F)no1)N1CCn2cc(C(F)(F)F)nc2C1. The Bertz CT molecular complexity index is 885. The molecule has 1 aliphatic heterocycles. The van der Waals surface area contributed by atoms with Gasteiger partial charge in [0.15, 0.2) is 5.69 Å². The molecule has 3 heterocycles. The van der Waals surface area contributed by atoms with Crippen molar-refractivity contribution >= 4 is 5.91 Å². The van der Waals surface area contributed by atoms with E-state index in [1.54, 1.807) is 0 Å². The average molecular weight is 395 g/mol. The van der Waals surface area contributed by atoms with Crippen LogP contribution in [-0.4, -0.2) is 37.0 Å². The number of hydrogen-bond acceptors (Lipinski definition) is 5. The Morgan fingerprint density at radius 3 is 2.48 bits per heavy atom.